The summed E-state index contributed by atoms with van der Waals surface area (Å²) in [6.07, 6.45) is 8.88. The Morgan fingerprint density at radius 3 is 1.55 bits per heavy atom. The lowest BCUT2D eigenvalue weighted by atomic mass is 9.96. The van der Waals surface area contributed by atoms with Gasteiger partial charge in [0.25, 0.3) is 0 Å². The number of benzene rings is 1. The first kappa shape index (κ1) is 82.1. The number of nitrogens with one attached hydrogen (secondary N) is 11. The predicted octanol–water partition coefficient (Wildman–Crippen LogP) is -1.58. The van der Waals surface area contributed by atoms with Gasteiger partial charge >= 0.3 is 17.9 Å². The van der Waals surface area contributed by atoms with Crippen LogP contribution in [0.1, 0.15) is 175 Å². The van der Waals surface area contributed by atoms with Gasteiger partial charge < -0.3 is 88.7 Å². The summed E-state index contributed by atoms with van der Waals surface area (Å²) in [6.45, 7) is 2.63. The molecule has 1 aromatic carbocycles. The van der Waals surface area contributed by atoms with E-state index in [0.29, 0.717) is 18.4 Å². The van der Waals surface area contributed by atoms with E-state index in [4.69, 9.17) is 0 Å². The number of carboxylic acids is 3. The van der Waals surface area contributed by atoms with Crippen molar-refractivity contribution in [2.75, 3.05) is 39.3 Å². The van der Waals surface area contributed by atoms with Gasteiger partial charge in [0.1, 0.15) is 54.4 Å². The number of piperidine rings is 1. The predicted molar refractivity (Wildman–Crippen MR) is 353 cm³/mol. The van der Waals surface area contributed by atoms with Gasteiger partial charge in [0.05, 0.1) is 45.0 Å². The summed E-state index contributed by atoms with van der Waals surface area (Å²) < 4.78 is 0. The number of aliphatic carboxylic acids is 3. The Labute approximate surface area is 575 Å². The van der Waals surface area contributed by atoms with Gasteiger partial charge in [0, 0.05) is 32.5 Å². The van der Waals surface area contributed by atoms with Gasteiger partial charge in [-0.25, -0.2) is 0 Å². The van der Waals surface area contributed by atoms with Gasteiger partial charge in [-0.2, -0.15) is 0 Å². The molecule has 3 heterocycles. The standard InChI is InChI=1S/C66H101N13O20/c1-5-7-8-9-10-11-12-13-14-15-16-20-28-49(81)71-42(31-41-24-18-17-19-25-41)60(93)74-45(34-55(89)90)61(94)75-46-35-67-62(95)48-27-23-30-79(48)66(99)56(39(3)6-2)77-64(97)57(40(4)80)76-52(84)38-69-59(92)44(33-54(87)88)72-50(82)36-68-58(91)43(32-53(85)86)73-51(83)37-70-63(96)47-26-21-22-29-78(47)65(46)98/h17-19,24-25,39-40,42-48,56-57,80H,5-16,20-23,26-38H2,1-4H3,(H,67,95)(H,68,91)(H,69,92)(H,70,96)(H,71,81)(H,72,82)(H,73,83)(H,74,93)(H,75,94)(H,76,84)(H,77,97)(H,85,86)(H,87,88)(H,89,90)/t39-,40-,42-,43+,44+,45+,46+,47+,48+,56+,57+/m1/s1. The molecule has 13 amide bonds. The molecule has 0 radical (unpaired) electrons. The highest BCUT2D eigenvalue weighted by molar-refractivity contribution is 6.00. The van der Waals surface area contributed by atoms with E-state index in [1.807, 2.05) is 0 Å². The fraction of sp³-hybridized carbons (Fsp3) is 0.667. The van der Waals surface area contributed by atoms with E-state index in [2.05, 4.69) is 65.4 Å². The number of aliphatic hydroxyl groups excluding tert-OH is 1. The van der Waals surface area contributed by atoms with E-state index in [9.17, 15) is 92.3 Å². The van der Waals surface area contributed by atoms with Crippen LogP contribution >= 0.6 is 0 Å². The zero-order valence-electron chi connectivity index (χ0n) is 57.0. The third-order valence-corrected chi connectivity index (χ3v) is 17.4. The smallest absolute Gasteiger partial charge is 0.305 e. The van der Waals surface area contributed by atoms with Gasteiger partial charge in [-0.1, -0.05) is 128 Å². The van der Waals surface area contributed by atoms with Crippen LogP contribution in [0.25, 0.3) is 0 Å². The maximum Gasteiger partial charge on any atom is 0.305 e. The van der Waals surface area contributed by atoms with Crippen LogP contribution in [0, 0.1) is 5.92 Å². The van der Waals surface area contributed by atoms with Crippen molar-refractivity contribution < 1.29 is 97.1 Å². The van der Waals surface area contributed by atoms with Crippen LogP contribution in [-0.2, 0) is 83.1 Å². The molecular formula is C66H101N13O20. The summed E-state index contributed by atoms with van der Waals surface area (Å²) in [6, 6.07) is -6.40. The molecule has 0 bridgehead atoms. The first-order valence-electron chi connectivity index (χ1n) is 34.3. The Hall–Kier alpha value is -9.30. The fourth-order valence-electron chi connectivity index (χ4n) is 11.7. The van der Waals surface area contributed by atoms with Crippen LogP contribution in [0.5, 0.6) is 0 Å². The van der Waals surface area contributed by atoms with Crippen molar-refractivity contribution in [3.63, 3.8) is 0 Å². The van der Waals surface area contributed by atoms with Crippen molar-refractivity contribution in [3.05, 3.63) is 35.9 Å². The molecule has 3 aliphatic rings. The molecule has 3 aliphatic heterocycles. The zero-order chi connectivity index (χ0) is 73.1. The minimum absolute atomic E-state index is 0.0230. The van der Waals surface area contributed by atoms with Crippen LogP contribution in [0.2, 0.25) is 0 Å². The molecule has 99 heavy (non-hydrogen) atoms. The molecule has 0 unspecified atom stereocenters. The second kappa shape index (κ2) is 43.2. The molecule has 15 N–H and O–H groups in total. The molecule has 0 saturated carbocycles. The Morgan fingerprint density at radius 2 is 1.02 bits per heavy atom. The van der Waals surface area contributed by atoms with Crippen LogP contribution in [0.3, 0.4) is 0 Å². The lowest BCUT2D eigenvalue weighted by Gasteiger charge is -2.37. The maximum atomic E-state index is 15.1. The number of carboxylic acid groups (broad SMARTS) is 3. The number of carbonyl (C=O) groups is 16. The summed E-state index contributed by atoms with van der Waals surface area (Å²) in [5, 5.41) is 65.8. The van der Waals surface area contributed by atoms with Crippen molar-refractivity contribution in [2.45, 2.75) is 236 Å². The number of fused-ring (bicyclic) bond motifs is 2. The molecule has 0 spiro atoms. The molecule has 1 aromatic rings. The zero-order valence-corrected chi connectivity index (χ0v) is 57.0. The Balaban J connectivity index is 1.69. The molecular weight excluding hydrogens is 1290 g/mol. The number of rotatable bonds is 29. The minimum Gasteiger partial charge on any atom is -0.481 e. The van der Waals surface area contributed by atoms with Crippen LogP contribution in [0.4, 0.5) is 0 Å². The summed E-state index contributed by atoms with van der Waals surface area (Å²) in [4.78, 5) is 219. The van der Waals surface area contributed by atoms with Crippen LogP contribution < -0.4 is 58.5 Å². The van der Waals surface area contributed by atoms with Crippen molar-refractivity contribution in [1.29, 1.82) is 0 Å². The third-order valence-electron chi connectivity index (χ3n) is 17.4. The second-order valence-electron chi connectivity index (χ2n) is 25.4. The van der Waals surface area contributed by atoms with E-state index in [0.717, 1.165) is 43.9 Å². The van der Waals surface area contributed by atoms with Crippen LogP contribution in [0.15, 0.2) is 30.3 Å². The lowest BCUT2D eigenvalue weighted by Crippen LogP contribution is -2.63. The molecule has 11 atom stereocenters. The molecule has 3 saturated heterocycles. The van der Waals surface area contributed by atoms with E-state index >= 15 is 4.79 Å². The number of aliphatic hydroxyl groups is 1. The average Bonchev–Trinajstić information content (AvgIpc) is 1.73. The monoisotopic (exact) mass is 1400 g/mol. The maximum absolute atomic E-state index is 15.1. The molecule has 550 valence electrons. The molecule has 33 heteroatoms. The number of hydrogen-bond acceptors (Lipinski definition) is 17. The molecule has 4 rings (SSSR count). The highest BCUT2D eigenvalue weighted by atomic mass is 16.4. The first-order valence-corrected chi connectivity index (χ1v) is 34.3. The fourth-order valence-corrected chi connectivity index (χ4v) is 11.7. The summed E-state index contributed by atoms with van der Waals surface area (Å²) >= 11 is 0. The van der Waals surface area contributed by atoms with E-state index < -0.39 is 207 Å². The Bertz CT molecular complexity index is 2970. The number of nitrogens with zero attached hydrogens (tertiary/aromatic N) is 2. The lowest BCUT2D eigenvalue weighted by molar-refractivity contribution is -0.146. The normalized spacial score (nSPS) is 22.8. The van der Waals surface area contributed by atoms with E-state index in [-0.39, 0.29) is 58.0 Å². The number of hydrogen-bond donors (Lipinski definition) is 15. The van der Waals surface area contributed by atoms with Crippen molar-refractivity contribution in [2.24, 2.45) is 5.92 Å². The summed E-state index contributed by atoms with van der Waals surface area (Å²) in [5.74, 6) is -19.0. The highest BCUT2D eigenvalue weighted by Gasteiger charge is 2.43. The minimum atomic E-state index is -1.95. The molecule has 3 fully saturated rings. The summed E-state index contributed by atoms with van der Waals surface area (Å²) in [5.41, 5.74) is 0.603. The van der Waals surface area contributed by atoms with Crippen molar-refractivity contribution in [3.8, 4) is 0 Å². The molecule has 0 aromatic heterocycles. The molecule has 0 aliphatic carbocycles. The number of carbonyl (C=O) groups excluding carboxylic acids is 13. The van der Waals surface area contributed by atoms with Gasteiger partial charge in [-0.15, -0.1) is 0 Å². The molecule has 33 nitrogen and oxygen atoms in total. The number of unbranched alkanes of at least 4 members (excludes halogenated alkanes) is 11. The van der Waals surface area contributed by atoms with E-state index in [1.54, 1.807) is 44.2 Å². The first-order chi connectivity index (χ1) is 47.1. The number of amides is 13. The topological polar surface area (TPSA) is 493 Å². The van der Waals surface area contributed by atoms with Gasteiger partial charge in [0.2, 0.25) is 76.8 Å². The van der Waals surface area contributed by atoms with Crippen LogP contribution in [-0.4, -0.2) is 225 Å². The van der Waals surface area contributed by atoms with Crippen molar-refractivity contribution >= 4 is 94.7 Å². The second-order valence-corrected chi connectivity index (χ2v) is 25.4. The summed E-state index contributed by atoms with van der Waals surface area (Å²) in [7, 11) is 0. The van der Waals surface area contributed by atoms with Crippen molar-refractivity contribution in [1.82, 2.24) is 68.3 Å². The Kier molecular flexibility index (Phi) is 35.8. The average molecular weight is 1400 g/mol. The van der Waals surface area contributed by atoms with Gasteiger partial charge in [0.15, 0.2) is 0 Å². The third kappa shape index (κ3) is 29.0. The largest absolute Gasteiger partial charge is 0.481 e. The van der Waals surface area contributed by atoms with E-state index in [1.165, 1.54) is 43.4 Å². The van der Waals surface area contributed by atoms with Gasteiger partial charge in [-0.05, 0) is 56.9 Å². The Morgan fingerprint density at radius 1 is 0.525 bits per heavy atom. The SMILES string of the molecule is CCCCCCCCCCCCCCC(=O)N[C@H](Cc1ccccc1)C(=O)N[C@@H](CC(=O)O)C(=O)N[C@H]1CNC(=O)[C@@H]2CCCN2C(=O)[C@H]([C@H](C)CC)NC(=O)[C@H]([C@@H](C)O)NC(=O)CNC(=O)[C@H](CC(=O)O)NC(=O)CNC(=O)[C@H](CC(=O)O)NC(=O)CNC(=O)[C@@H]2CCCCN2C1=O. The highest BCUT2D eigenvalue weighted by Crippen LogP contribution is 2.23. The van der Waals surface area contributed by atoms with Gasteiger partial charge in [-0.3, -0.25) is 76.7 Å². The quantitative estimate of drug-likeness (QED) is 0.0402.